The fraction of sp³-hybridized carbons (Fsp3) is 0.118. The van der Waals surface area contributed by atoms with Crippen LogP contribution in [0.3, 0.4) is 0 Å². The predicted molar refractivity (Wildman–Crippen MR) is 82.1 cm³/mol. The third-order valence-electron chi connectivity index (χ3n) is 4.18. The molecule has 2 aromatic heterocycles. The molecule has 3 heteroatoms. The van der Waals surface area contributed by atoms with Crippen LogP contribution in [0.2, 0.25) is 0 Å². The van der Waals surface area contributed by atoms with Crippen molar-refractivity contribution >= 4 is 32.6 Å². The number of aryl methyl sites for hydroxylation is 2. The Morgan fingerprint density at radius 3 is 2.70 bits per heavy atom. The highest BCUT2D eigenvalue weighted by Crippen LogP contribution is 2.41. The van der Waals surface area contributed by atoms with Gasteiger partial charge in [-0.25, -0.2) is 0 Å². The Morgan fingerprint density at radius 1 is 1.05 bits per heavy atom. The minimum atomic E-state index is 0.325. The van der Waals surface area contributed by atoms with E-state index in [4.69, 9.17) is 0 Å². The number of para-hydroxylation sites is 1. The van der Waals surface area contributed by atoms with Gasteiger partial charge in [-0.15, -0.1) is 0 Å². The van der Waals surface area contributed by atoms with Crippen LogP contribution in [0.1, 0.15) is 5.56 Å². The van der Waals surface area contributed by atoms with Crippen LogP contribution >= 0.6 is 0 Å². The molecular formula is C17H14N2O. The summed E-state index contributed by atoms with van der Waals surface area (Å²) in [5.74, 6) is 0.325. The van der Waals surface area contributed by atoms with Crippen molar-refractivity contribution in [2.45, 2.75) is 6.92 Å². The van der Waals surface area contributed by atoms with Gasteiger partial charge in [0.05, 0.1) is 10.9 Å². The van der Waals surface area contributed by atoms with Crippen LogP contribution in [0.5, 0.6) is 5.75 Å². The second-order valence-corrected chi connectivity index (χ2v) is 5.19. The topological polar surface area (TPSA) is 38.1 Å². The number of aromatic hydroxyl groups is 1. The van der Waals surface area contributed by atoms with Gasteiger partial charge in [0, 0.05) is 35.7 Å². The summed E-state index contributed by atoms with van der Waals surface area (Å²) in [6, 6.07) is 10.1. The summed E-state index contributed by atoms with van der Waals surface area (Å²) in [6.07, 6.45) is 3.50. The maximum atomic E-state index is 10.7. The van der Waals surface area contributed by atoms with Gasteiger partial charge in [0.25, 0.3) is 0 Å². The second-order valence-electron chi connectivity index (χ2n) is 5.19. The molecule has 0 unspecified atom stereocenters. The molecule has 0 aliphatic rings. The minimum Gasteiger partial charge on any atom is -0.507 e. The van der Waals surface area contributed by atoms with Gasteiger partial charge in [-0.3, -0.25) is 4.98 Å². The molecule has 0 fully saturated rings. The van der Waals surface area contributed by atoms with Crippen LogP contribution in [-0.2, 0) is 7.05 Å². The fourth-order valence-electron chi connectivity index (χ4n) is 3.24. The molecule has 4 aromatic rings. The lowest BCUT2D eigenvalue weighted by Gasteiger charge is -2.08. The number of hydrogen-bond donors (Lipinski definition) is 1. The summed E-state index contributed by atoms with van der Waals surface area (Å²) >= 11 is 0. The molecule has 2 aromatic carbocycles. The molecule has 20 heavy (non-hydrogen) atoms. The van der Waals surface area contributed by atoms with Crippen molar-refractivity contribution in [3.05, 3.63) is 48.3 Å². The largest absolute Gasteiger partial charge is 0.507 e. The number of phenols is 1. The zero-order valence-corrected chi connectivity index (χ0v) is 11.4. The van der Waals surface area contributed by atoms with E-state index in [1.54, 1.807) is 12.4 Å². The molecule has 0 amide bonds. The highest BCUT2D eigenvalue weighted by molar-refractivity contribution is 6.18. The highest BCUT2D eigenvalue weighted by Gasteiger charge is 2.17. The average molecular weight is 262 g/mol. The monoisotopic (exact) mass is 262 g/mol. The molecule has 0 bridgehead atoms. The number of aromatic nitrogens is 2. The van der Waals surface area contributed by atoms with Crippen molar-refractivity contribution in [1.82, 2.24) is 9.55 Å². The Balaban J connectivity index is 2.44. The van der Waals surface area contributed by atoms with E-state index >= 15 is 0 Å². The number of fused-ring (bicyclic) bond motifs is 4. The molecular weight excluding hydrogens is 248 g/mol. The van der Waals surface area contributed by atoms with Gasteiger partial charge in [-0.1, -0.05) is 18.2 Å². The van der Waals surface area contributed by atoms with Gasteiger partial charge in [0.2, 0.25) is 0 Å². The van der Waals surface area contributed by atoms with Crippen molar-refractivity contribution in [2.75, 3.05) is 0 Å². The zero-order chi connectivity index (χ0) is 13.9. The molecule has 0 atom stereocenters. The highest BCUT2D eigenvalue weighted by atomic mass is 16.3. The van der Waals surface area contributed by atoms with Crippen molar-refractivity contribution in [2.24, 2.45) is 7.05 Å². The van der Waals surface area contributed by atoms with Crippen LogP contribution in [0.25, 0.3) is 32.6 Å². The lowest BCUT2D eigenvalue weighted by atomic mass is 10.0. The van der Waals surface area contributed by atoms with Crippen LogP contribution in [0.15, 0.2) is 42.7 Å². The lowest BCUT2D eigenvalue weighted by molar-refractivity contribution is 0.488. The first kappa shape index (κ1) is 11.3. The minimum absolute atomic E-state index is 0.325. The van der Waals surface area contributed by atoms with Crippen LogP contribution < -0.4 is 0 Å². The van der Waals surface area contributed by atoms with E-state index in [1.807, 2.05) is 25.2 Å². The Bertz CT molecular complexity index is 983. The van der Waals surface area contributed by atoms with E-state index in [9.17, 15) is 5.11 Å². The number of nitrogens with zero attached hydrogens (tertiary/aromatic N) is 2. The van der Waals surface area contributed by atoms with Crippen LogP contribution in [-0.4, -0.2) is 14.7 Å². The van der Waals surface area contributed by atoms with Crippen molar-refractivity contribution in [1.29, 1.82) is 0 Å². The van der Waals surface area contributed by atoms with Crippen LogP contribution in [0.4, 0.5) is 0 Å². The molecule has 0 radical (unpaired) electrons. The first-order valence-corrected chi connectivity index (χ1v) is 6.62. The Morgan fingerprint density at radius 2 is 1.85 bits per heavy atom. The Hall–Kier alpha value is -2.55. The van der Waals surface area contributed by atoms with Crippen molar-refractivity contribution in [3.63, 3.8) is 0 Å². The maximum Gasteiger partial charge on any atom is 0.134 e. The van der Waals surface area contributed by atoms with Gasteiger partial charge in [0.15, 0.2) is 0 Å². The van der Waals surface area contributed by atoms with Gasteiger partial charge in [0.1, 0.15) is 5.75 Å². The summed E-state index contributed by atoms with van der Waals surface area (Å²) < 4.78 is 2.15. The summed E-state index contributed by atoms with van der Waals surface area (Å²) in [5.41, 5.74) is 3.39. The SMILES string of the molecule is Cc1c2ccncc2c(O)c2c3ccccc3n(C)c12. The van der Waals surface area contributed by atoms with E-state index in [1.165, 1.54) is 5.56 Å². The fourth-order valence-corrected chi connectivity index (χ4v) is 3.24. The van der Waals surface area contributed by atoms with Gasteiger partial charge >= 0.3 is 0 Å². The van der Waals surface area contributed by atoms with Crippen LogP contribution in [0, 0.1) is 6.92 Å². The molecule has 2 heterocycles. The van der Waals surface area contributed by atoms with E-state index in [0.717, 1.165) is 32.6 Å². The quantitative estimate of drug-likeness (QED) is 0.522. The third kappa shape index (κ3) is 1.22. The van der Waals surface area contributed by atoms with Crippen molar-refractivity contribution < 1.29 is 5.11 Å². The molecule has 0 aliphatic carbocycles. The molecule has 0 aliphatic heterocycles. The Labute approximate surface area is 116 Å². The molecule has 0 saturated heterocycles. The van der Waals surface area contributed by atoms with E-state index in [2.05, 4.69) is 28.6 Å². The first-order valence-electron chi connectivity index (χ1n) is 6.62. The summed E-state index contributed by atoms with van der Waals surface area (Å²) in [4.78, 5) is 4.14. The summed E-state index contributed by atoms with van der Waals surface area (Å²) in [7, 11) is 2.05. The van der Waals surface area contributed by atoms with E-state index in [-0.39, 0.29) is 0 Å². The number of pyridine rings is 1. The van der Waals surface area contributed by atoms with Crippen molar-refractivity contribution in [3.8, 4) is 5.75 Å². The molecule has 3 nitrogen and oxygen atoms in total. The average Bonchev–Trinajstić information content (AvgIpc) is 2.79. The normalized spacial score (nSPS) is 11.7. The molecule has 4 rings (SSSR count). The predicted octanol–water partition coefficient (Wildman–Crippen LogP) is 3.89. The summed E-state index contributed by atoms with van der Waals surface area (Å²) in [6.45, 7) is 2.10. The van der Waals surface area contributed by atoms with E-state index < -0.39 is 0 Å². The molecule has 0 spiro atoms. The van der Waals surface area contributed by atoms with Gasteiger partial charge in [-0.2, -0.15) is 0 Å². The second kappa shape index (κ2) is 3.73. The standard InChI is InChI=1S/C17H14N2O/c1-10-11-7-8-18-9-13(11)17(20)15-12-5-3-4-6-14(12)19(2)16(10)15/h3-9,20H,1-2H3. The first-order chi connectivity index (χ1) is 9.70. The third-order valence-corrected chi connectivity index (χ3v) is 4.18. The maximum absolute atomic E-state index is 10.7. The number of rotatable bonds is 0. The smallest absolute Gasteiger partial charge is 0.134 e. The molecule has 0 saturated carbocycles. The number of phenolic OH excluding ortho intramolecular Hbond substituents is 1. The Kier molecular flexibility index (Phi) is 2.11. The molecule has 98 valence electrons. The van der Waals surface area contributed by atoms with Gasteiger partial charge < -0.3 is 9.67 Å². The lowest BCUT2D eigenvalue weighted by Crippen LogP contribution is -1.91. The summed E-state index contributed by atoms with van der Waals surface area (Å²) in [5, 5.41) is 14.6. The number of benzene rings is 2. The van der Waals surface area contributed by atoms with E-state index in [0.29, 0.717) is 5.75 Å². The zero-order valence-electron chi connectivity index (χ0n) is 11.4. The molecule has 1 N–H and O–H groups in total. The number of hydrogen-bond acceptors (Lipinski definition) is 2. The van der Waals surface area contributed by atoms with Gasteiger partial charge in [-0.05, 0) is 30.0 Å².